The maximum atomic E-state index is 12.4. The molecular formula is C15H15NO4. The number of hydrogen-bond donors (Lipinski definition) is 3. The van der Waals surface area contributed by atoms with Crippen molar-refractivity contribution in [3.05, 3.63) is 36.4 Å². The molecule has 0 unspecified atom stereocenters. The zero-order valence-corrected chi connectivity index (χ0v) is 10.7. The van der Waals surface area contributed by atoms with Crippen LogP contribution in [0, 0.1) is 23.7 Å². The smallest absolute Gasteiger partial charge is 0.307 e. The van der Waals surface area contributed by atoms with Gasteiger partial charge in [0.25, 0.3) is 0 Å². The van der Waals surface area contributed by atoms with Crippen molar-refractivity contribution in [2.45, 2.75) is 6.42 Å². The third-order valence-electron chi connectivity index (χ3n) is 4.21. The predicted octanol–water partition coefficient (Wildman–Crippen LogP) is 1.85. The van der Waals surface area contributed by atoms with E-state index >= 15 is 0 Å². The Morgan fingerprint density at radius 3 is 2.40 bits per heavy atom. The normalized spacial score (nSPS) is 30.4. The summed E-state index contributed by atoms with van der Waals surface area (Å²) in [5.41, 5.74) is 0.313. The summed E-state index contributed by atoms with van der Waals surface area (Å²) >= 11 is 0. The second kappa shape index (κ2) is 4.67. The van der Waals surface area contributed by atoms with Crippen molar-refractivity contribution in [1.29, 1.82) is 0 Å². The Balaban J connectivity index is 1.82. The van der Waals surface area contributed by atoms with Gasteiger partial charge in [0.2, 0.25) is 5.91 Å². The second-order valence-electron chi connectivity index (χ2n) is 5.34. The number of aliphatic carboxylic acids is 1. The van der Waals surface area contributed by atoms with Crippen LogP contribution in [0.15, 0.2) is 36.4 Å². The lowest BCUT2D eigenvalue weighted by Crippen LogP contribution is -2.36. The minimum Gasteiger partial charge on any atom is -0.506 e. The minimum absolute atomic E-state index is 0.0213. The second-order valence-corrected chi connectivity index (χ2v) is 5.34. The lowest BCUT2D eigenvalue weighted by molar-refractivity contribution is -0.146. The molecule has 2 bridgehead atoms. The summed E-state index contributed by atoms with van der Waals surface area (Å²) < 4.78 is 0. The fourth-order valence-corrected chi connectivity index (χ4v) is 3.31. The van der Waals surface area contributed by atoms with E-state index in [0.29, 0.717) is 5.69 Å². The van der Waals surface area contributed by atoms with E-state index in [-0.39, 0.29) is 23.5 Å². The van der Waals surface area contributed by atoms with Gasteiger partial charge in [-0.05, 0) is 30.4 Å². The molecule has 104 valence electrons. The SMILES string of the molecule is O=C(O)[C@H]1[C@H](C(=O)Nc2ccccc2O)[C@H]2C=C[C@H]1C2. The number of benzene rings is 1. The molecule has 20 heavy (non-hydrogen) atoms. The molecule has 0 spiro atoms. The number of carbonyl (C=O) groups is 2. The van der Waals surface area contributed by atoms with E-state index < -0.39 is 17.8 Å². The highest BCUT2D eigenvalue weighted by atomic mass is 16.4. The Morgan fingerprint density at radius 2 is 1.75 bits per heavy atom. The van der Waals surface area contributed by atoms with Crippen molar-refractivity contribution in [1.82, 2.24) is 0 Å². The van der Waals surface area contributed by atoms with E-state index in [2.05, 4.69) is 5.32 Å². The first kappa shape index (κ1) is 12.7. The average Bonchev–Trinajstić information content (AvgIpc) is 3.01. The van der Waals surface area contributed by atoms with Gasteiger partial charge in [0.15, 0.2) is 0 Å². The summed E-state index contributed by atoms with van der Waals surface area (Å²) in [4.78, 5) is 23.7. The van der Waals surface area contributed by atoms with Crippen LogP contribution in [0.2, 0.25) is 0 Å². The molecule has 0 heterocycles. The minimum atomic E-state index is -0.931. The summed E-state index contributed by atoms with van der Waals surface area (Å²) in [6, 6.07) is 6.42. The van der Waals surface area contributed by atoms with Crippen LogP contribution in [-0.4, -0.2) is 22.1 Å². The van der Waals surface area contributed by atoms with Gasteiger partial charge in [-0.2, -0.15) is 0 Å². The number of amides is 1. The number of phenolic OH excluding ortho intramolecular Hbond substituents is 1. The Kier molecular flexibility index (Phi) is 2.97. The molecular weight excluding hydrogens is 258 g/mol. The summed E-state index contributed by atoms with van der Waals surface area (Å²) in [5.74, 6) is -2.61. The molecule has 1 aromatic carbocycles. The van der Waals surface area contributed by atoms with Crippen molar-refractivity contribution in [3.63, 3.8) is 0 Å². The number of carboxylic acids is 1. The Labute approximate surface area is 115 Å². The highest BCUT2D eigenvalue weighted by Gasteiger charge is 2.51. The van der Waals surface area contributed by atoms with Gasteiger partial charge in [-0.15, -0.1) is 0 Å². The molecule has 0 aromatic heterocycles. The van der Waals surface area contributed by atoms with Crippen LogP contribution >= 0.6 is 0 Å². The highest BCUT2D eigenvalue weighted by molar-refractivity contribution is 5.97. The number of carbonyl (C=O) groups excluding carboxylic acids is 1. The van der Waals surface area contributed by atoms with E-state index in [0.717, 1.165) is 6.42 Å². The van der Waals surface area contributed by atoms with Crippen molar-refractivity contribution >= 4 is 17.6 Å². The number of hydrogen-bond acceptors (Lipinski definition) is 3. The lowest BCUT2D eigenvalue weighted by atomic mass is 9.82. The van der Waals surface area contributed by atoms with Gasteiger partial charge in [0.05, 0.1) is 17.5 Å². The van der Waals surface area contributed by atoms with Crippen LogP contribution in [0.1, 0.15) is 6.42 Å². The van der Waals surface area contributed by atoms with Gasteiger partial charge in [-0.25, -0.2) is 0 Å². The number of nitrogens with one attached hydrogen (secondary N) is 1. The monoisotopic (exact) mass is 273 g/mol. The quantitative estimate of drug-likeness (QED) is 0.579. The maximum Gasteiger partial charge on any atom is 0.307 e. The number of fused-ring (bicyclic) bond motifs is 2. The Morgan fingerprint density at radius 1 is 1.10 bits per heavy atom. The largest absolute Gasteiger partial charge is 0.506 e. The number of aromatic hydroxyl groups is 1. The Hall–Kier alpha value is -2.30. The average molecular weight is 273 g/mol. The molecule has 5 nitrogen and oxygen atoms in total. The van der Waals surface area contributed by atoms with Crippen molar-refractivity contribution in [3.8, 4) is 5.75 Å². The van der Waals surface area contributed by atoms with Crippen molar-refractivity contribution < 1.29 is 19.8 Å². The van der Waals surface area contributed by atoms with Gasteiger partial charge < -0.3 is 15.5 Å². The molecule has 1 saturated carbocycles. The van der Waals surface area contributed by atoms with Crippen LogP contribution in [0.4, 0.5) is 5.69 Å². The Bertz CT molecular complexity index is 595. The summed E-state index contributed by atoms with van der Waals surface area (Å²) in [6.07, 6.45) is 4.54. The van der Waals surface area contributed by atoms with Gasteiger partial charge >= 0.3 is 5.97 Å². The van der Waals surface area contributed by atoms with Crippen LogP contribution in [0.5, 0.6) is 5.75 Å². The number of anilines is 1. The third kappa shape index (κ3) is 1.95. The van der Waals surface area contributed by atoms with Crippen molar-refractivity contribution in [2.75, 3.05) is 5.32 Å². The molecule has 2 aliphatic carbocycles. The van der Waals surface area contributed by atoms with Crippen LogP contribution < -0.4 is 5.32 Å². The van der Waals surface area contributed by atoms with Gasteiger partial charge in [-0.3, -0.25) is 9.59 Å². The molecule has 1 amide bonds. The molecule has 1 fully saturated rings. The molecule has 0 radical (unpaired) electrons. The summed E-state index contributed by atoms with van der Waals surface area (Å²) in [6.45, 7) is 0. The first-order valence-corrected chi connectivity index (χ1v) is 6.58. The van der Waals surface area contributed by atoms with Crippen molar-refractivity contribution in [2.24, 2.45) is 23.7 Å². The molecule has 1 aromatic rings. The van der Waals surface area contributed by atoms with E-state index in [4.69, 9.17) is 0 Å². The molecule has 2 aliphatic rings. The first-order valence-electron chi connectivity index (χ1n) is 6.58. The zero-order valence-electron chi connectivity index (χ0n) is 10.7. The maximum absolute atomic E-state index is 12.4. The topological polar surface area (TPSA) is 86.6 Å². The molecule has 0 aliphatic heterocycles. The van der Waals surface area contributed by atoms with Crippen LogP contribution in [-0.2, 0) is 9.59 Å². The van der Waals surface area contributed by atoms with E-state index in [1.165, 1.54) is 6.07 Å². The first-order chi connectivity index (χ1) is 9.58. The van der Waals surface area contributed by atoms with Gasteiger partial charge in [0, 0.05) is 0 Å². The number of rotatable bonds is 3. The molecule has 3 rings (SSSR count). The lowest BCUT2D eigenvalue weighted by Gasteiger charge is -2.24. The van der Waals surface area contributed by atoms with E-state index in [1.807, 2.05) is 12.2 Å². The number of carboxylic acid groups (broad SMARTS) is 1. The van der Waals surface area contributed by atoms with Gasteiger partial charge in [-0.1, -0.05) is 24.3 Å². The molecule has 3 N–H and O–H groups in total. The zero-order chi connectivity index (χ0) is 14.3. The summed E-state index contributed by atoms with van der Waals surface area (Å²) in [5, 5.41) is 21.6. The van der Waals surface area contributed by atoms with E-state index in [1.54, 1.807) is 18.2 Å². The highest BCUT2D eigenvalue weighted by Crippen LogP contribution is 2.48. The number of phenols is 1. The number of allylic oxidation sites excluding steroid dienone is 2. The summed E-state index contributed by atoms with van der Waals surface area (Å²) in [7, 11) is 0. The number of para-hydroxylation sites is 2. The standard InChI is InChI=1S/C15H15NO4/c17-11-4-2-1-3-10(11)16-14(18)12-8-5-6-9(7-8)13(12)15(19)20/h1-6,8-9,12-13,17H,7H2,(H,16,18)(H,19,20)/t8-,9-,12+,13+/m0/s1. The molecule has 5 heteroatoms. The fraction of sp³-hybridized carbons (Fsp3) is 0.333. The van der Waals surface area contributed by atoms with Crippen LogP contribution in [0.3, 0.4) is 0 Å². The van der Waals surface area contributed by atoms with Crippen LogP contribution in [0.25, 0.3) is 0 Å². The molecule has 0 saturated heterocycles. The van der Waals surface area contributed by atoms with E-state index in [9.17, 15) is 19.8 Å². The third-order valence-corrected chi connectivity index (χ3v) is 4.21. The molecule has 4 atom stereocenters. The fourth-order valence-electron chi connectivity index (χ4n) is 3.31. The predicted molar refractivity (Wildman–Crippen MR) is 72.1 cm³/mol. The van der Waals surface area contributed by atoms with Gasteiger partial charge in [0.1, 0.15) is 5.75 Å².